The average molecular weight is 150 g/mol. The van der Waals surface area contributed by atoms with Crippen LogP contribution in [0.25, 0.3) is 0 Å². The number of nitrogens with one attached hydrogen (secondary N) is 1. The highest BCUT2D eigenvalue weighted by Gasteiger charge is 2.04. The first-order chi connectivity index (χ1) is 3.95. The van der Waals surface area contributed by atoms with E-state index in [1.54, 1.807) is 0 Å². The first-order valence-electron chi connectivity index (χ1n) is 3.00. The molecule has 2 atom stereocenters. The predicted molar refractivity (Wildman–Crippen MR) is 39.4 cm³/mol. The molecule has 0 amide bonds. The molecule has 0 fully saturated rings. The first-order valence-corrected chi connectivity index (χ1v) is 4.79. The van der Waals surface area contributed by atoms with Crippen LogP contribution in [0.1, 0.15) is 20.3 Å². The van der Waals surface area contributed by atoms with Crippen molar-refractivity contribution in [1.29, 1.82) is 4.78 Å². The summed E-state index contributed by atoms with van der Waals surface area (Å²) in [5.74, 6) is 0.628. The van der Waals surface area contributed by atoms with Crippen LogP contribution in [0.5, 0.6) is 0 Å². The molecule has 0 saturated heterocycles. The SMILES string of the molecule is CCC(C)CS(=N)(N)=O. The van der Waals surface area contributed by atoms with Gasteiger partial charge >= 0.3 is 0 Å². The fraction of sp³-hybridized carbons (Fsp3) is 1.00. The quantitative estimate of drug-likeness (QED) is 0.618. The van der Waals surface area contributed by atoms with Crippen molar-refractivity contribution in [3.8, 4) is 0 Å². The van der Waals surface area contributed by atoms with E-state index in [4.69, 9.17) is 9.92 Å². The Kier molecular flexibility index (Phi) is 3.14. The van der Waals surface area contributed by atoms with Gasteiger partial charge in [-0.3, -0.25) is 0 Å². The zero-order chi connectivity index (χ0) is 7.49. The van der Waals surface area contributed by atoms with E-state index in [-0.39, 0.29) is 0 Å². The van der Waals surface area contributed by atoms with Crippen LogP contribution in [0.4, 0.5) is 0 Å². The largest absolute Gasteiger partial charge is 0.245 e. The Morgan fingerprint density at radius 2 is 2.22 bits per heavy atom. The molecule has 0 aliphatic rings. The molecule has 0 aromatic heterocycles. The molecule has 0 radical (unpaired) electrons. The van der Waals surface area contributed by atoms with Gasteiger partial charge in [0.05, 0.1) is 0 Å². The summed E-state index contributed by atoms with van der Waals surface area (Å²) < 4.78 is 17.5. The van der Waals surface area contributed by atoms with Gasteiger partial charge in [0.2, 0.25) is 0 Å². The summed E-state index contributed by atoms with van der Waals surface area (Å²) in [5.41, 5.74) is 0. The van der Waals surface area contributed by atoms with E-state index in [0.29, 0.717) is 11.7 Å². The van der Waals surface area contributed by atoms with Crippen LogP contribution in [-0.4, -0.2) is 9.96 Å². The number of rotatable bonds is 3. The standard InChI is InChI=1S/C5H14N2OS/c1-3-5(2)4-9(6,7)8/h5H,3-4H2,1-2H3,(H3,6,7,8). The lowest BCUT2D eigenvalue weighted by atomic mass is 10.2. The maximum Gasteiger partial charge on any atom is 0.102 e. The van der Waals surface area contributed by atoms with Crippen molar-refractivity contribution in [2.75, 3.05) is 5.75 Å². The summed E-state index contributed by atoms with van der Waals surface area (Å²) in [6.45, 7) is 3.94. The van der Waals surface area contributed by atoms with Crippen molar-refractivity contribution in [2.24, 2.45) is 11.1 Å². The molecule has 0 rings (SSSR count). The minimum Gasteiger partial charge on any atom is -0.245 e. The monoisotopic (exact) mass is 150 g/mol. The van der Waals surface area contributed by atoms with Crippen molar-refractivity contribution >= 4 is 9.92 Å². The number of hydrogen-bond acceptors (Lipinski definition) is 2. The summed E-state index contributed by atoms with van der Waals surface area (Å²) >= 11 is 0. The van der Waals surface area contributed by atoms with Gasteiger partial charge in [-0.05, 0) is 5.92 Å². The van der Waals surface area contributed by atoms with Crippen molar-refractivity contribution < 1.29 is 4.21 Å². The topological polar surface area (TPSA) is 66.9 Å². The molecular formula is C5H14N2OS. The van der Waals surface area contributed by atoms with Crippen LogP contribution in [0, 0.1) is 10.7 Å². The maximum absolute atomic E-state index is 10.6. The summed E-state index contributed by atoms with van der Waals surface area (Å²) in [4.78, 5) is 0. The van der Waals surface area contributed by atoms with Crippen LogP contribution >= 0.6 is 0 Å². The van der Waals surface area contributed by atoms with Crippen LogP contribution in [0.15, 0.2) is 0 Å². The first kappa shape index (κ1) is 8.91. The van der Waals surface area contributed by atoms with Crippen molar-refractivity contribution in [1.82, 2.24) is 0 Å². The second-order valence-electron chi connectivity index (χ2n) is 2.41. The number of hydrogen-bond donors (Lipinski definition) is 2. The second kappa shape index (κ2) is 3.17. The zero-order valence-electron chi connectivity index (χ0n) is 5.89. The van der Waals surface area contributed by atoms with Gasteiger partial charge in [-0.25, -0.2) is 14.1 Å². The Morgan fingerprint density at radius 3 is 2.33 bits per heavy atom. The zero-order valence-corrected chi connectivity index (χ0v) is 6.70. The van der Waals surface area contributed by atoms with Crippen molar-refractivity contribution in [3.05, 3.63) is 0 Å². The van der Waals surface area contributed by atoms with Gasteiger partial charge in [-0.2, -0.15) is 0 Å². The molecule has 0 aliphatic heterocycles. The molecule has 0 aromatic carbocycles. The van der Waals surface area contributed by atoms with Crippen LogP contribution < -0.4 is 5.14 Å². The summed E-state index contributed by atoms with van der Waals surface area (Å²) in [7, 11) is -2.74. The molecular weight excluding hydrogens is 136 g/mol. The molecule has 0 spiro atoms. The normalized spacial score (nSPS) is 20.8. The van der Waals surface area contributed by atoms with Crippen molar-refractivity contribution in [3.63, 3.8) is 0 Å². The van der Waals surface area contributed by atoms with Crippen LogP contribution in [0.2, 0.25) is 0 Å². The van der Waals surface area contributed by atoms with E-state index >= 15 is 0 Å². The van der Waals surface area contributed by atoms with E-state index in [1.807, 2.05) is 13.8 Å². The Labute approximate surface area is 56.7 Å². The molecule has 0 heterocycles. The fourth-order valence-electron chi connectivity index (χ4n) is 0.541. The van der Waals surface area contributed by atoms with Crippen LogP contribution in [-0.2, 0) is 9.92 Å². The smallest absolute Gasteiger partial charge is 0.102 e. The summed E-state index contributed by atoms with van der Waals surface area (Å²) in [5, 5.41) is 5.01. The Hall–Kier alpha value is -0.0900. The van der Waals surface area contributed by atoms with E-state index in [1.165, 1.54) is 0 Å². The molecule has 3 nitrogen and oxygen atoms in total. The third-order valence-electron chi connectivity index (χ3n) is 1.23. The van der Waals surface area contributed by atoms with Crippen LogP contribution in [0.3, 0.4) is 0 Å². The molecule has 0 saturated carbocycles. The molecule has 9 heavy (non-hydrogen) atoms. The number of nitrogens with two attached hydrogens (primary N) is 1. The second-order valence-corrected chi connectivity index (χ2v) is 4.19. The summed E-state index contributed by atoms with van der Waals surface area (Å²) in [6, 6.07) is 0. The Bertz CT molecular complexity index is 162. The molecule has 0 bridgehead atoms. The lowest BCUT2D eigenvalue weighted by Crippen LogP contribution is -2.19. The van der Waals surface area contributed by atoms with Gasteiger partial charge in [0.1, 0.15) is 9.92 Å². The van der Waals surface area contributed by atoms with Gasteiger partial charge in [-0.1, -0.05) is 20.3 Å². The van der Waals surface area contributed by atoms with E-state index in [0.717, 1.165) is 6.42 Å². The maximum atomic E-state index is 10.6. The lowest BCUT2D eigenvalue weighted by molar-refractivity contribution is 0.611. The van der Waals surface area contributed by atoms with Crippen molar-refractivity contribution in [2.45, 2.75) is 20.3 Å². The molecule has 3 N–H and O–H groups in total. The predicted octanol–water partition coefficient (Wildman–Crippen LogP) is 0.953. The minimum atomic E-state index is -2.74. The lowest BCUT2D eigenvalue weighted by Gasteiger charge is -2.06. The Balaban J connectivity index is 3.75. The molecule has 0 aromatic rings. The van der Waals surface area contributed by atoms with Gasteiger partial charge < -0.3 is 0 Å². The summed E-state index contributed by atoms with van der Waals surface area (Å²) in [6.07, 6.45) is 0.938. The van der Waals surface area contributed by atoms with Gasteiger partial charge in [0.25, 0.3) is 0 Å². The average Bonchev–Trinajstić information content (AvgIpc) is 1.62. The molecule has 0 aliphatic carbocycles. The molecule has 4 heteroatoms. The molecule has 2 unspecified atom stereocenters. The van der Waals surface area contributed by atoms with E-state index in [2.05, 4.69) is 0 Å². The van der Waals surface area contributed by atoms with Gasteiger partial charge in [0.15, 0.2) is 0 Å². The third-order valence-corrected chi connectivity index (χ3v) is 2.29. The van der Waals surface area contributed by atoms with E-state index in [9.17, 15) is 4.21 Å². The highest BCUT2D eigenvalue weighted by molar-refractivity contribution is 7.90. The van der Waals surface area contributed by atoms with E-state index < -0.39 is 9.92 Å². The highest BCUT2D eigenvalue weighted by atomic mass is 32.2. The Morgan fingerprint density at radius 1 is 1.78 bits per heavy atom. The van der Waals surface area contributed by atoms with Gasteiger partial charge in [-0.15, -0.1) is 0 Å². The fourth-order valence-corrected chi connectivity index (χ4v) is 1.62. The third kappa shape index (κ3) is 5.79. The highest BCUT2D eigenvalue weighted by Crippen LogP contribution is 2.01. The van der Waals surface area contributed by atoms with Gasteiger partial charge in [0, 0.05) is 5.75 Å². The molecule has 56 valence electrons. The minimum absolute atomic E-state index is 0.306.